The van der Waals surface area contributed by atoms with E-state index in [-0.39, 0.29) is 11.7 Å². The number of rotatable bonds is 9. The van der Waals surface area contributed by atoms with E-state index in [1.165, 1.54) is 26.6 Å². The third kappa shape index (κ3) is 6.19. The molecule has 1 aliphatic rings. The van der Waals surface area contributed by atoms with Gasteiger partial charge in [-0.05, 0) is 56.8 Å². The number of hydrogen-bond acceptors (Lipinski definition) is 9. The lowest BCUT2D eigenvalue weighted by Crippen LogP contribution is -2.24. The molecule has 2 N–H and O–H groups in total. The smallest absolute Gasteiger partial charge is 0.284 e. The number of likely N-dealkylation sites (N-methyl/N-ethyl adjacent to an activating group) is 1. The van der Waals surface area contributed by atoms with Crippen molar-refractivity contribution in [2.45, 2.75) is 18.9 Å². The SMILES string of the molecule is COc1cc2ncnc(Nc3cc(Cl)c(Oc4ccc5c(c4)ncn5C)cc3OC)c2cc1NC(=O)C(F)=CC1CCCN1C. The molecule has 13 heteroatoms. The normalized spacial score (nSPS) is 15.4. The molecule has 2 aromatic heterocycles. The van der Waals surface area contributed by atoms with Crippen LogP contribution in [0.5, 0.6) is 23.0 Å². The molecule has 11 nitrogen and oxygen atoms in total. The zero-order valence-electron chi connectivity index (χ0n) is 25.1. The van der Waals surface area contributed by atoms with Gasteiger partial charge < -0.3 is 29.4 Å². The fourth-order valence-electron chi connectivity index (χ4n) is 5.34. The molecule has 0 spiro atoms. The predicted octanol–water partition coefficient (Wildman–Crippen LogP) is 6.61. The predicted molar refractivity (Wildman–Crippen MR) is 172 cm³/mol. The summed E-state index contributed by atoms with van der Waals surface area (Å²) in [6.07, 6.45) is 6.23. The number of nitrogens with one attached hydrogen (secondary N) is 2. The molecule has 1 aliphatic heterocycles. The Kier molecular flexibility index (Phi) is 8.42. The van der Waals surface area contributed by atoms with Gasteiger partial charge in [0.2, 0.25) is 0 Å². The molecular formula is C32H31ClFN7O4. The summed E-state index contributed by atoms with van der Waals surface area (Å²) >= 11 is 6.66. The van der Waals surface area contributed by atoms with Crippen molar-refractivity contribution in [2.75, 3.05) is 38.4 Å². The minimum absolute atomic E-state index is 0.123. The highest BCUT2D eigenvalue weighted by molar-refractivity contribution is 6.32. The van der Waals surface area contributed by atoms with E-state index in [2.05, 4.69) is 25.6 Å². The summed E-state index contributed by atoms with van der Waals surface area (Å²) in [6, 6.07) is 12.1. The molecule has 0 radical (unpaired) electrons. The fraction of sp³-hybridized carbons (Fsp3) is 0.250. The van der Waals surface area contributed by atoms with Gasteiger partial charge in [0.05, 0.1) is 53.5 Å². The van der Waals surface area contributed by atoms with Crippen LogP contribution in [0.1, 0.15) is 12.8 Å². The van der Waals surface area contributed by atoms with Gasteiger partial charge in [0.1, 0.15) is 35.1 Å². The Hall–Kier alpha value is -4.94. The van der Waals surface area contributed by atoms with Crippen LogP contribution < -0.4 is 24.8 Å². The van der Waals surface area contributed by atoms with Crippen LogP contribution in [-0.4, -0.2) is 64.2 Å². The molecule has 1 fully saturated rings. The number of ether oxygens (including phenoxy) is 3. The second kappa shape index (κ2) is 12.6. The average Bonchev–Trinajstić information content (AvgIpc) is 3.62. The largest absolute Gasteiger partial charge is 0.494 e. The second-order valence-electron chi connectivity index (χ2n) is 10.7. The first-order valence-corrected chi connectivity index (χ1v) is 14.6. The monoisotopic (exact) mass is 631 g/mol. The van der Waals surface area contributed by atoms with Crippen molar-refractivity contribution in [1.29, 1.82) is 0 Å². The molecule has 3 heterocycles. The van der Waals surface area contributed by atoms with Gasteiger partial charge >= 0.3 is 0 Å². The van der Waals surface area contributed by atoms with Gasteiger partial charge in [-0.15, -0.1) is 0 Å². The summed E-state index contributed by atoms with van der Waals surface area (Å²) < 4.78 is 34.0. The van der Waals surface area contributed by atoms with E-state index in [9.17, 15) is 9.18 Å². The zero-order valence-corrected chi connectivity index (χ0v) is 25.9. The number of benzene rings is 3. The number of hydrogen-bond donors (Lipinski definition) is 2. The van der Waals surface area contributed by atoms with Crippen LogP contribution in [0, 0.1) is 0 Å². The third-order valence-corrected chi connectivity index (χ3v) is 8.06. The number of aromatic nitrogens is 4. The van der Waals surface area contributed by atoms with Crippen molar-refractivity contribution < 1.29 is 23.4 Å². The van der Waals surface area contributed by atoms with E-state index in [0.717, 1.165) is 30.4 Å². The van der Waals surface area contributed by atoms with Crippen molar-refractivity contribution in [2.24, 2.45) is 7.05 Å². The maximum atomic E-state index is 14.9. The highest BCUT2D eigenvalue weighted by Crippen LogP contribution is 2.41. The van der Waals surface area contributed by atoms with Crippen LogP contribution in [0.15, 0.2) is 67.0 Å². The lowest BCUT2D eigenvalue weighted by Gasteiger charge is -2.17. The zero-order chi connectivity index (χ0) is 31.7. The van der Waals surface area contributed by atoms with Gasteiger partial charge in [0.15, 0.2) is 5.83 Å². The molecule has 1 saturated heterocycles. The maximum Gasteiger partial charge on any atom is 0.284 e. The number of amides is 1. The van der Waals surface area contributed by atoms with E-state index in [1.54, 1.807) is 30.6 Å². The Bertz CT molecular complexity index is 1950. The number of nitrogens with zero attached hydrogens (tertiary/aromatic N) is 5. The van der Waals surface area contributed by atoms with Crippen LogP contribution in [0.3, 0.4) is 0 Å². The number of carbonyl (C=O) groups is 1. The summed E-state index contributed by atoms with van der Waals surface area (Å²) in [5.41, 5.74) is 3.06. The number of imidazole rings is 1. The van der Waals surface area contributed by atoms with Gasteiger partial charge in [-0.3, -0.25) is 9.69 Å². The molecule has 1 atom stereocenters. The average molecular weight is 632 g/mol. The van der Waals surface area contributed by atoms with Crippen molar-refractivity contribution in [3.63, 3.8) is 0 Å². The van der Waals surface area contributed by atoms with Crippen molar-refractivity contribution in [1.82, 2.24) is 24.4 Å². The van der Waals surface area contributed by atoms with Crippen molar-refractivity contribution in [3.05, 3.63) is 72.0 Å². The summed E-state index contributed by atoms with van der Waals surface area (Å²) in [6.45, 7) is 0.859. The molecule has 1 unspecified atom stereocenters. The first kappa shape index (κ1) is 30.1. The Morgan fingerprint density at radius 1 is 1.00 bits per heavy atom. The first-order valence-electron chi connectivity index (χ1n) is 14.2. The van der Waals surface area contributed by atoms with E-state index >= 15 is 0 Å². The standard InChI is InChI=1S/C32H31ClFN7O4/c1-40-9-5-6-18(40)10-22(34)32(42)39-25-12-20-23(14-29(25)43-3)35-16-36-31(20)38-26-13-21(33)28(15-30(26)44-4)45-19-7-8-27-24(11-19)37-17-41(27)2/h7-8,10-18H,5-6,9H2,1-4H3,(H,39,42)(H,35,36,38). The van der Waals surface area contributed by atoms with E-state index < -0.39 is 11.7 Å². The summed E-state index contributed by atoms with van der Waals surface area (Å²) in [5, 5.41) is 6.74. The number of carbonyl (C=O) groups excluding carboxylic acids is 1. The number of methoxy groups -OCH3 is 2. The third-order valence-electron chi connectivity index (χ3n) is 7.77. The van der Waals surface area contributed by atoms with Crippen molar-refractivity contribution >= 4 is 56.6 Å². The molecule has 0 bridgehead atoms. The summed E-state index contributed by atoms with van der Waals surface area (Å²) in [4.78, 5) is 28.0. The Morgan fingerprint density at radius 2 is 1.80 bits per heavy atom. The van der Waals surface area contributed by atoms with Gasteiger partial charge in [-0.25, -0.2) is 19.3 Å². The molecular weight excluding hydrogens is 601 g/mol. The number of likely N-dealkylation sites (tertiary alicyclic amines) is 1. The molecule has 0 aliphatic carbocycles. The van der Waals surface area contributed by atoms with Crippen LogP contribution in [0.4, 0.5) is 21.6 Å². The quantitative estimate of drug-likeness (QED) is 0.173. The van der Waals surface area contributed by atoms with Crippen LogP contribution in [0.2, 0.25) is 5.02 Å². The Balaban J connectivity index is 1.28. The van der Waals surface area contributed by atoms with Crippen LogP contribution in [0.25, 0.3) is 21.9 Å². The highest BCUT2D eigenvalue weighted by atomic mass is 35.5. The summed E-state index contributed by atoms with van der Waals surface area (Å²) in [7, 11) is 6.82. The topological polar surface area (TPSA) is 116 Å². The molecule has 6 rings (SSSR count). The molecule has 3 aromatic carbocycles. The maximum absolute atomic E-state index is 14.9. The van der Waals surface area contributed by atoms with Crippen molar-refractivity contribution in [3.8, 4) is 23.0 Å². The Labute approximate surface area is 263 Å². The Morgan fingerprint density at radius 3 is 2.56 bits per heavy atom. The number of anilines is 3. The lowest BCUT2D eigenvalue weighted by molar-refractivity contribution is -0.114. The van der Waals surface area contributed by atoms with Gasteiger partial charge in [0, 0.05) is 36.7 Å². The van der Waals surface area contributed by atoms with Gasteiger partial charge in [-0.2, -0.15) is 0 Å². The van der Waals surface area contributed by atoms with E-state index in [1.807, 2.05) is 41.8 Å². The molecule has 0 saturated carbocycles. The number of aryl methyl sites for hydroxylation is 1. The first-order chi connectivity index (χ1) is 21.7. The number of halogens is 2. The van der Waals surface area contributed by atoms with E-state index in [0.29, 0.717) is 50.4 Å². The van der Waals surface area contributed by atoms with Gasteiger partial charge in [-0.1, -0.05) is 11.6 Å². The lowest BCUT2D eigenvalue weighted by atomic mass is 10.1. The minimum Gasteiger partial charge on any atom is -0.494 e. The molecule has 5 aromatic rings. The van der Waals surface area contributed by atoms with Crippen LogP contribution in [-0.2, 0) is 11.8 Å². The fourth-order valence-corrected chi connectivity index (χ4v) is 5.54. The molecule has 1 amide bonds. The molecule has 45 heavy (non-hydrogen) atoms. The van der Waals surface area contributed by atoms with Gasteiger partial charge in [0.25, 0.3) is 5.91 Å². The summed E-state index contributed by atoms with van der Waals surface area (Å²) in [5.74, 6) is 0.368. The van der Waals surface area contributed by atoms with Crippen LogP contribution >= 0.6 is 11.6 Å². The second-order valence-corrected chi connectivity index (χ2v) is 11.1. The highest BCUT2D eigenvalue weighted by Gasteiger charge is 2.22. The minimum atomic E-state index is -0.870. The number of fused-ring (bicyclic) bond motifs is 2. The molecule has 232 valence electrons. The van der Waals surface area contributed by atoms with E-state index in [4.69, 9.17) is 25.8 Å².